The van der Waals surface area contributed by atoms with Crippen molar-refractivity contribution in [2.24, 2.45) is 22.7 Å². The van der Waals surface area contributed by atoms with Gasteiger partial charge in [0.25, 0.3) is 0 Å². The fraction of sp³-hybridized carbons (Fsp3) is 1.00. The molecule has 0 atom stereocenters. The molecule has 0 N–H and O–H groups in total. The third-order valence-corrected chi connectivity index (χ3v) is 8.56. The van der Waals surface area contributed by atoms with Crippen LogP contribution in [0.3, 0.4) is 0 Å². The molecule has 0 heterocycles. The van der Waals surface area contributed by atoms with E-state index >= 15 is 0 Å². The summed E-state index contributed by atoms with van der Waals surface area (Å²) in [5.41, 5.74) is 1.61. The van der Waals surface area contributed by atoms with Gasteiger partial charge in [-0.1, -0.05) is 65.2 Å². The van der Waals surface area contributed by atoms with Crippen LogP contribution in [0.4, 0.5) is 0 Å². The molecule has 134 valence electrons. The minimum Gasteiger partial charge on any atom is -0.0654 e. The summed E-state index contributed by atoms with van der Waals surface area (Å²) < 4.78 is 0. The monoisotopic (exact) mass is 318 g/mol. The van der Waals surface area contributed by atoms with Crippen LogP contribution in [0.5, 0.6) is 0 Å². The molecule has 0 aromatic carbocycles. The Kier molecular flexibility index (Phi) is 6.13. The van der Waals surface area contributed by atoms with Crippen LogP contribution >= 0.6 is 0 Å². The van der Waals surface area contributed by atoms with Crippen molar-refractivity contribution in [2.75, 3.05) is 0 Å². The number of fused-ring (bicyclic) bond motifs is 3. The second-order valence-corrected chi connectivity index (χ2v) is 9.65. The largest absolute Gasteiger partial charge is 0.0654 e. The highest BCUT2D eigenvalue weighted by molar-refractivity contribution is 5.02. The predicted molar refractivity (Wildman–Crippen MR) is 102 cm³/mol. The molecule has 0 amide bonds. The topological polar surface area (TPSA) is 0 Å². The maximum Gasteiger partial charge on any atom is -0.0269 e. The molecule has 0 aromatic heterocycles. The van der Waals surface area contributed by atoms with E-state index in [1.54, 1.807) is 70.6 Å². The van der Waals surface area contributed by atoms with E-state index in [9.17, 15) is 0 Å². The van der Waals surface area contributed by atoms with E-state index < -0.39 is 0 Å². The van der Waals surface area contributed by atoms with Gasteiger partial charge in [0.2, 0.25) is 0 Å². The van der Waals surface area contributed by atoms with E-state index in [0.717, 1.165) is 22.7 Å². The van der Waals surface area contributed by atoms with Crippen molar-refractivity contribution < 1.29 is 0 Å². The number of hydrogen-bond donors (Lipinski definition) is 0. The highest BCUT2D eigenvalue weighted by atomic mass is 14.6. The van der Waals surface area contributed by atoms with E-state index in [1.807, 2.05) is 0 Å². The predicted octanol–water partition coefficient (Wildman–Crippen LogP) is 7.90. The zero-order valence-electron chi connectivity index (χ0n) is 16.2. The summed E-state index contributed by atoms with van der Waals surface area (Å²) >= 11 is 0. The molecule has 4 fully saturated rings. The molecule has 0 saturated heterocycles. The van der Waals surface area contributed by atoms with E-state index in [-0.39, 0.29) is 0 Å². The second kappa shape index (κ2) is 7.92. The van der Waals surface area contributed by atoms with Gasteiger partial charge in [0.15, 0.2) is 0 Å². The van der Waals surface area contributed by atoms with Crippen molar-refractivity contribution in [3.05, 3.63) is 0 Å². The minimum absolute atomic E-state index is 0.800. The molecule has 2 bridgehead atoms. The van der Waals surface area contributed by atoms with Crippen LogP contribution in [0.2, 0.25) is 0 Å². The fourth-order valence-electron chi connectivity index (χ4n) is 6.57. The Hall–Kier alpha value is 0. The van der Waals surface area contributed by atoms with Crippen LogP contribution in [0, 0.1) is 22.7 Å². The Labute approximate surface area is 146 Å². The first-order chi connectivity index (χ1) is 11.2. The Balaban J connectivity index is 1.45. The normalized spacial score (nSPS) is 40.4. The first kappa shape index (κ1) is 17.8. The first-order valence-electron chi connectivity index (χ1n) is 11.2. The molecule has 0 aromatic rings. The van der Waals surface area contributed by atoms with Crippen LogP contribution in [0.25, 0.3) is 0 Å². The standard InChI is InChI=1S/C23H42/c1-3-5-6-7-8-13-22-14-17-23(18-15-22,19-16-22)21-11-9-20(4-2)10-12-21/h20-21H,3-19H2,1-2H3. The van der Waals surface area contributed by atoms with E-state index in [0.29, 0.717) is 0 Å². The maximum absolute atomic E-state index is 2.40. The van der Waals surface area contributed by atoms with Gasteiger partial charge in [-0.3, -0.25) is 0 Å². The fourth-order valence-corrected chi connectivity index (χ4v) is 6.57. The van der Waals surface area contributed by atoms with Crippen molar-refractivity contribution in [1.82, 2.24) is 0 Å². The lowest BCUT2D eigenvalue weighted by Gasteiger charge is -2.58. The molecule has 0 spiro atoms. The molecule has 0 nitrogen and oxygen atoms in total. The second-order valence-electron chi connectivity index (χ2n) is 9.65. The lowest BCUT2D eigenvalue weighted by Crippen LogP contribution is -2.46. The molecule has 4 saturated carbocycles. The van der Waals surface area contributed by atoms with Gasteiger partial charge in [-0.15, -0.1) is 0 Å². The number of unbranched alkanes of at least 4 members (excludes halogenated alkanes) is 4. The molecular formula is C23H42. The van der Waals surface area contributed by atoms with Gasteiger partial charge in [0.1, 0.15) is 0 Å². The highest BCUT2D eigenvalue weighted by Gasteiger charge is 2.51. The lowest BCUT2D eigenvalue weighted by atomic mass is 9.47. The first-order valence-corrected chi connectivity index (χ1v) is 11.2. The quantitative estimate of drug-likeness (QED) is 0.399. The van der Waals surface area contributed by atoms with Crippen LogP contribution < -0.4 is 0 Å². The summed E-state index contributed by atoms with van der Waals surface area (Å²) in [6.45, 7) is 4.73. The van der Waals surface area contributed by atoms with Crippen molar-refractivity contribution >= 4 is 0 Å². The molecular weight excluding hydrogens is 276 g/mol. The Bertz CT molecular complexity index is 323. The molecule has 4 rings (SSSR count). The third-order valence-electron chi connectivity index (χ3n) is 8.56. The third kappa shape index (κ3) is 3.98. The van der Waals surface area contributed by atoms with Crippen molar-refractivity contribution in [3.63, 3.8) is 0 Å². The molecule has 0 heteroatoms. The summed E-state index contributed by atoms with van der Waals surface area (Å²) in [6.07, 6.45) is 26.2. The molecule has 4 aliphatic rings. The average Bonchev–Trinajstić information content (AvgIpc) is 2.63. The zero-order valence-corrected chi connectivity index (χ0v) is 16.2. The van der Waals surface area contributed by atoms with Crippen LogP contribution in [-0.4, -0.2) is 0 Å². The molecule has 0 radical (unpaired) electrons. The van der Waals surface area contributed by atoms with E-state index in [4.69, 9.17) is 0 Å². The summed E-state index contributed by atoms with van der Waals surface area (Å²) in [5.74, 6) is 2.17. The van der Waals surface area contributed by atoms with Crippen molar-refractivity contribution in [2.45, 2.75) is 123 Å². The van der Waals surface area contributed by atoms with Gasteiger partial charge in [-0.2, -0.15) is 0 Å². The van der Waals surface area contributed by atoms with Gasteiger partial charge in [-0.05, 0) is 80.5 Å². The summed E-state index contributed by atoms with van der Waals surface area (Å²) in [6, 6.07) is 0. The minimum atomic E-state index is 0.800. The van der Waals surface area contributed by atoms with Gasteiger partial charge < -0.3 is 0 Å². The van der Waals surface area contributed by atoms with Crippen LogP contribution in [-0.2, 0) is 0 Å². The maximum atomic E-state index is 2.40. The van der Waals surface area contributed by atoms with Gasteiger partial charge in [0.05, 0.1) is 0 Å². The van der Waals surface area contributed by atoms with Gasteiger partial charge >= 0.3 is 0 Å². The zero-order chi connectivity index (χ0) is 16.2. The van der Waals surface area contributed by atoms with Crippen molar-refractivity contribution in [3.8, 4) is 0 Å². The molecule has 0 aliphatic heterocycles. The number of hydrogen-bond acceptors (Lipinski definition) is 0. The molecule has 23 heavy (non-hydrogen) atoms. The van der Waals surface area contributed by atoms with E-state index in [2.05, 4.69) is 13.8 Å². The number of rotatable bonds is 8. The van der Waals surface area contributed by atoms with Crippen molar-refractivity contribution in [1.29, 1.82) is 0 Å². The highest BCUT2D eigenvalue weighted by Crippen LogP contribution is 2.63. The Morgan fingerprint density at radius 2 is 1.30 bits per heavy atom. The average molecular weight is 319 g/mol. The summed E-state index contributed by atoms with van der Waals surface area (Å²) in [5, 5.41) is 0. The van der Waals surface area contributed by atoms with E-state index in [1.165, 1.54) is 38.5 Å². The SMILES string of the molecule is CCCCCCCC12CCC(C3CCC(CC)CC3)(CC1)CC2. The molecule has 0 unspecified atom stereocenters. The van der Waals surface area contributed by atoms with Gasteiger partial charge in [-0.25, -0.2) is 0 Å². The summed E-state index contributed by atoms with van der Waals surface area (Å²) in [7, 11) is 0. The Morgan fingerprint density at radius 1 is 0.696 bits per heavy atom. The molecule has 4 aliphatic carbocycles. The lowest BCUT2D eigenvalue weighted by molar-refractivity contribution is -0.0653. The van der Waals surface area contributed by atoms with Crippen LogP contribution in [0.1, 0.15) is 123 Å². The summed E-state index contributed by atoms with van der Waals surface area (Å²) in [4.78, 5) is 0. The van der Waals surface area contributed by atoms with Crippen LogP contribution in [0.15, 0.2) is 0 Å². The Morgan fingerprint density at radius 3 is 1.87 bits per heavy atom. The van der Waals surface area contributed by atoms with Gasteiger partial charge in [0, 0.05) is 0 Å². The smallest absolute Gasteiger partial charge is 0.0269 e.